The summed E-state index contributed by atoms with van der Waals surface area (Å²) in [5.74, 6) is 0.0990. The Morgan fingerprint density at radius 2 is 2.05 bits per heavy atom. The maximum Gasteiger partial charge on any atom is 0.253 e. The lowest BCUT2D eigenvalue weighted by Crippen LogP contribution is -2.47. The summed E-state index contributed by atoms with van der Waals surface area (Å²) in [7, 11) is 2.08. The highest BCUT2D eigenvalue weighted by molar-refractivity contribution is 7.22. The van der Waals surface area contributed by atoms with Crippen LogP contribution >= 0.6 is 11.3 Å². The van der Waals surface area contributed by atoms with Crippen LogP contribution in [0.4, 0.5) is 5.13 Å². The van der Waals surface area contributed by atoms with Gasteiger partial charge < -0.3 is 15.5 Å². The number of carbonyl (C=O) groups excluding carboxylic acids is 1. The van der Waals surface area contributed by atoms with Crippen molar-refractivity contribution < 1.29 is 4.79 Å². The number of piperazine rings is 1. The van der Waals surface area contributed by atoms with E-state index in [0.29, 0.717) is 5.13 Å². The average Bonchev–Trinajstić information content (AvgIpc) is 2.77. The maximum absolute atomic E-state index is 12.4. The molecule has 1 saturated heterocycles. The third kappa shape index (κ3) is 2.41. The van der Waals surface area contributed by atoms with Gasteiger partial charge in [0.05, 0.1) is 10.2 Å². The zero-order valence-electron chi connectivity index (χ0n) is 10.8. The quantitative estimate of drug-likeness (QED) is 0.852. The fourth-order valence-corrected chi connectivity index (χ4v) is 3.04. The Morgan fingerprint density at radius 1 is 1.32 bits per heavy atom. The second-order valence-electron chi connectivity index (χ2n) is 4.83. The lowest BCUT2D eigenvalue weighted by Gasteiger charge is -2.32. The molecule has 1 aliphatic rings. The number of benzene rings is 1. The van der Waals surface area contributed by atoms with Crippen molar-refractivity contribution in [3.8, 4) is 0 Å². The summed E-state index contributed by atoms with van der Waals surface area (Å²) >= 11 is 1.42. The number of thiazole rings is 1. The molecule has 1 fully saturated rings. The van der Waals surface area contributed by atoms with Gasteiger partial charge in [-0.3, -0.25) is 4.79 Å². The van der Waals surface area contributed by atoms with Crippen LogP contribution in [-0.2, 0) is 0 Å². The summed E-state index contributed by atoms with van der Waals surface area (Å²) in [5, 5.41) is 0.541. The summed E-state index contributed by atoms with van der Waals surface area (Å²) in [4.78, 5) is 20.8. The van der Waals surface area contributed by atoms with E-state index in [-0.39, 0.29) is 5.91 Å². The molecule has 2 N–H and O–H groups in total. The van der Waals surface area contributed by atoms with Crippen LogP contribution in [0, 0.1) is 0 Å². The third-order valence-corrected chi connectivity index (χ3v) is 4.29. The molecule has 2 aromatic rings. The van der Waals surface area contributed by atoms with Gasteiger partial charge in [-0.25, -0.2) is 4.98 Å². The van der Waals surface area contributed by atoms with E-state index in [1.54, 1.807) is 0 Å². The highest BCUT2D eigenvalue weighted by Gasteiger charge is 2.20. The van der Waals surface area contributed by atoms with Gasteiger partial charge in [0.15, 0.2) is 5.13 Å². The minimum absolute atomic E-state index is 0.0990. The molecule has 0 spiro atoms. The van der Waals surface area contributed by atoms with Crippen LogP contribution in [0.5, 0.6) is 0 Å². The number of hydrogen-bond donors (Lipinski definition) is 1. The standard InChI is InChI=1S/C13H16N4OS/c1-16-4-6-17(7-5-16)12(18)9-2-3-10-11(8-9)19-13(14)15-10/h2-3,8H,4-7H2,1H3,(H2,14,15). The van der Waals surface area contributed by atoms with Crippen LogP contribution < -0.4 is 5.73 Å². The number of aromatic nitrogens is 1. The molecule has 6 heteroatoms. The molecule has 0 aliphatic carbocycles. The minimum Gasteiger partial charge on any atom is -0.375 e. The molecule has 1 aliphatic heterocycles. The van der Waals surface area contributed by atoms with Gasteiger partial charge in [-0.1, -0.05) is 11.3 Å². The Balaban J connectivity index is 1.84. The van der Waals surface area contributed by atoms with Crippen molar-refractivity contribution >= 4 is 32.6 Å². The van der Waals surface area contributed by atoms with Gasteiger partial charge in [0, 0.05) is 31.7 Å². The summed E-state index contributed by atoms with van der Waals surface area (Å²) in [6.45, 7) is 3.44. The van der Waals surface area contributed by atoms with E-state index in [1.165, 1.54) is 11.3 Å². The first-order valence-corrected chi connectivity index (χ1v) is 7.09. The lowest BCUT2D eigenvalue weighted by atomic mass is 10.1. The molecule has 100 valence electrons. The fourth-order valence-electron chi connectivity index (χ4n) is 2.27. The fraction of sp³-hybridized carbons (Fsp3) is 0.385. The number of nitrogens with zero attached hydrogens (tertiary/aromatic N) is 3. The van der Waals surface area contributed by atoms with Crippen molar-refractivity contribution in [3.63, 3.8) is 0 Å². The van der Waals surface area contributed by atoms with Crippen LogP contribution in [0.1, 0.15) is 10.4 Å². The minimum atomic E-state index is 0.0990. The first-order chi connectivity index (χ1) is 9.13. The Hall–Kier alpha value is -1.66. The SMILES string of the molecule is CN1CCN(C(=O)c2ccc3nc(N)sc3c2)CC1. The highest BCUT2D eigenvalue weighted by Crippen LogP contribution is 2.25. The molecule has 3 rings (SSSR count). The van der Waals surface area contributed by atoms with Gasteiger partial charge in [-0.2, -0.15) is 0 Å². The number of nitrogen functional groups attached to an aromatic ring is 1. The number of amides is 1. The molecule has 0 radical (unpaired) electrons. The van der Waals surface area contributed by atoms with E-state index >= 15 is 0 Å². The molecule has 0 bridgehead atoms. The van der Waals surface area contributed by atoms with Crippen molar-refractivity contribution in [1.29, 1.82) is 0 Å². The molecule has 5 nitrogen and oxygen atoms in total. The van der Waals surface area contributed by atoms with Gasteiger partial charge in [0.25, 0.3) is 5.91 Å². The van der Waals surface area contributed by atoms with Crippen molar-refractivity contribution in [2.75, 3.05) is 39.0 Å². The molecule has 0 atom stereocenters. The van der Waals surface area contributed by atoms with Crippen LogP contribution in [0.15, 0.2) is 18.2 Å². The van der Waals surface area contributed by atoms with E-state index in [1.807, 2.05) is 23.1 Å². The zero-order chi connectivity index (χ0) is 13.4. The van der Waals surface area contributed by atoms with E-state index < -0.39 is 0 Å². The molecular weight excluding hydrogens is 260 g/mol. The maximum atomic E-state index is 12.4. The number of fused-ring (bicyclic) bond motifs is 1. The second kappa shape index (κ2) is 4.79. The smallest absolute Gasteiger partial charge is 0.253 e. The van der Waals surface area contributed by atoms with Crippen molar-refractivity contribution in [2.45, 2.75) is 0 Å². The van der Waals surface area contributed by atoms with Gasteiger partial charge in [-0.15, -0.1) is 0 Å². The number of likely N-dealkylation sites (N-methyl/N-ethyl adjacent to an activating group) is 1. The van der Waals surface area contributed by atoms with Crippen LogP contribution in [0.2, 0.25) is 0 Å². The van der Waals surface area contributed by atoms with E-state index in [9.17, 15) is 4.79 Å². The molecule has 0 unspecified atom stereocenters. The molecule has 19 heavy (non-hydrogen) atoms. The molecule has 1 aromatic heterocycles. The van der Waals surface area contributed by atoms with Crippen molar-refractivity contribution in [3.05, 3.63) is 23.8 Å². The first kappa shape index (κ1) is 12.4. The van der Waals surface area contributed by atoms with Crippen LogP contribution in [-0.4, -0.2) is 53.9 Å². The molecule has 1 amide bonds. The lowest BCUT2D eigenvalue weighted by molar-refractivity contribution is 0.0664. The highest BCUT2D eigenvalue weighted by atomic mass is 32.1. The Labute approximate surface area is 115 Å². The first-order valence-electron chi connectivity index (χ1n) is 6.27. The van der Waals surface area contributed by atoms with Crippen LogP contribution in [0.25, 0.3) is 10.2 Å². The summed E-state index contributed by atoms with van der Waals surface area (Å²) in [6.07, 6.45) is 0. The molecule has 1 aromatic carbocycles. The average molecular weight is 276 g/mol. The molecule has 0 saturated carbocycles. The molecular formula is C13H16N4OS. The number of carbonyl (C=O) groups is 1. The Morgan fingerprint density at radius 3 is 2.79 bits per heavy atom. The van der Waals surface area contributed by atoms with Gasteiger partial charge >= 0.3 is 0 Å². The van der Waals surface area contributed by atoms with E-state index in [2.05, 4.69) is 16.9 Å². The predicted octanol–water partition coefficient (Wildman–Crippen LogP) is 1.27. The predicted molar refractivity (Wildman–Crippen MR) is 77.4 cm³/mol. The summed E-state index contributed by atoms with van der Waals surface area (Å²) in [5.41, 5.74) is 7.26. The normalized spacial score (nSPS) is 17.0. The number of nitrogens with two attached hydrogens (primary N) is 1. The summed E-state index contributed by atoms with van der Waals surface area (Å²) < 4.78 is 0.970. The number of rotatable bonds is 1. The van der Waals surface area contributed by atoms with E-state index in [0.717, 1.165) is 42.0 Å². The zero-order valence-corrected chi connectivity index (χ0v) is 11.6. The summed E-state index contributed by atoms with van der Waals surface area (Å²) in [6, 6.07) is 5.59. The Kier molecular flexibility index (Phi) is 3.12. The van der Waals surface area contributed by atoms with Crippen molar-refractivity contribution in [1.82, 2.24) is 14.8 Å². The second-order valence-corrected chi connectivity index (χ2v) is 5.89. The molecule has 2 heterocycles. The Bertz CT molecular complexity index is 616. The number of hydrogen-bond acceptors (Lipinski definition) is 5. The van der Waals surface area contributed by atoms with Gasteiger partial charge in [0.1, 0.15) is 0 Å². The third-order valence-electron chi connectivity index (χ3n) is 3.44. The van der Waals surface area contributed by atoms with Crippen LogP contribution in [0.3, 0.4) is 0 Å². The number of anilines is 1. The largest absolute Gasteiger partial charge is 0.375 e. The topological polar surface area (TPSA) is 62.5 Å². The van der Waals surface area contributed by atoms with E-state index in [4.69, 9.17) is 5.73 Å². The van der Waals surface area contributed by atoms with Gasteiger partial charge in [0.2, 0.25) is 0 Å². The monoisotopic (exact) mass is 276 g/mol. The van der Waals surface area contributed by atoms with Crippen molar-refractivity contribution in [2.24, 2.45) is 0 Å². The van der Waals surface area contributed by atoms with Gasteiger partial charge in [-0.05, 0) is 25.2 Å².